The van der Waals surface area contributed by atoms with Crippen molar-refractivity contribution < 1.29 is 19.4 Å². The van der Waals surface area contributed by atoms with Crippen LogP contribution in [0.2, 0.25) is 0 Å². The average Bonchev–Trinajstić information content (AvgIpc) is 2.75. The van der Waals surface area contributed by atoms with E-state index < -0.39 is 5.97 Å². The predicted molar refractivity (Wildman–Crippen MR) is 77.1 cm³/mol. The summed E-state index contributed by atoms with van der Waals surface area (Å²) in [6.45, 7) is 5.03. The predicted octanol–water partition coefficient (Wildman–Crippen LogP) is 2.95. The van der Waals surface area contributed by atoms with Crippen LogP contribution in [0.4, 0.5) is 0 Å². The van der Waals surface area contributed by atoms with Gasteiger partial charge in [0.15, 0.2) is 5.78 Å². The Balaban J connectivity index is 2.51. The Bertz CT molecular complexity index is 507. The molecule has 1 heterocycles. The molecule has 0 radical (unpaired) electrons. The molecule has 0 aromatic rings. The van der Waals surface area contributed by atoms with Crippen molar-refractivity contribution >= 4 is 11.8 Å². The van der Waals surface area contributed by atoms with Crippen molar-refractivity contribution in [2.75, 3.05) is 0 Å². The number of rotatable bonds is 7. The summed E-state index contributed by atoms with van der Waals surface area (Å²) in [6, 6.07) is 0. The van der Waals surface area contributed by atoms with Gasteiger partial charge in [-0.15, -0.1) is 0 Å². The maximum atomic E-state index is 10.9. The van der Waals surface area contributed by atoms with Crippen LogP contribution >= 0.6 is 0 Å². The average molecular weight is 274 g/mol. The molecule has 0 aliphatic carbocycles. The quantitative estimate of drug-likeness (QED) is 0.440. The van der Waals surface area contributed by atoms with Gasteiger partial charge < -0.3 is 9.84 Å². The van der Waals surface area contributed by atoms with E-state index in [1.807, 2.05) is 18.2 Å². The second-order valence-corrected chi connectivity index (χ2v) is 4.36. The lowest BCUT2D eigenvalue weighted by atomic mass is 10.1. The first-order valence-corrected chi connectivity index (χ1v) is 6.27. The molecule has 0 fully saturated rings. The number of hydrogen-bond acceptors (Lipinski definition) is 3. The molecule has 1 unspecified atom stereocenters. The minimum atomic E-state index is -0.866. The molecule has 0 spiro atoms. The van der Waals surface area contributed by atoms with E-state index in [9.17, 15) is 9.59 Å². The van der Waals surface area contributed by atoms with Gasteiger partial charge in [0.05, 0.1) is 6.42 Å². The number of ketones is 1. The Labute approximate surface area is 118 Å². The zero-order chi connectivity index (χ0) is 15.0. The number of carboxylic acid groups (broad SMARTS) is 1. The molecule has 0 amide bonds. The molecule has 1 atom stereocenters. The summed E-state index contributed by atoms with van der Waals surface area (Å²) in [7, 11) is 0. The monoisotopic (exact) mass is 274 g/mol. The summed E-state index contributed by atoms with van der Waals surface area (Å²) in [4.78, 5) is 21.6. The molecule has 0 bridgehead atoms. The van der Waals surface area contributed by atoms with Gasteiger partial charge in [0.25, 0.3) is 0 Å². The zero-order valence-corrected chi connectivity index (χ0v) is 11.4. The summed E-state index contributed by atoms with van der Waals surface area (Å²) in [5, 5.41) is 8.77. The van der Waals surface area contributed by atoms with Gasteiger partial charge in [-0.3, -0.25) is 9.59 Å². The molecule has 20 heavy (non-hydrogen) atoms. The first-order valence-electron chi connectivity index (χ1n) is 6.27. The van der Waals surface area contributed by atoms with E-state index in [0.29, 0.717) is 12.2 Å². The van der Waals surface area contributed by atoms with Crippen molar-refractivity contribution in [2.45, 2.75) is 25.9 Å². The van der Waals surface area contributed by atoms with Crippen molar-refractivity contribution in [1.82, 2.24) is 0 Å². The summed E-state index contributed by atoms with van der Waals surface area (Å²) in [5.74, 6) is -0.387. The topological polar surface area (TPSA) is 63.6 Å². The number of aliphatic carboxylic acids is 1. The SMILES string of the molecule is C=CC=C(CC=CC1C=CC(=CC(C)=O)O1)CC(=O)O. The van der Waals surface area contributed by atoms with Gasteiger partial charge in [-0.25, -0.2) is 0 Å². The van der Waals surface area contributed by atoms with Crippen LogP contribution in [-0.4, -0.2) is 23.0 Å². The van der Waals surface area contributed by atoms with E-state index in [1.165, 1.54) is 13.0 Å². The number of carboxylic acids is 1. The van der Waals surface area contributed by atoms with Gasteiger partial charge >= 0.3 is 5.97 Å². The van der Waals surface area contributed by atoms with E-state index in [1.54, 1.807) is 18.2 Å². The fourth-order valence-electron chi connectivity index (χ4n) is 1.72. The largest absolute Gasteiger partial charge is 0.482 e. The molecular formula is C16H18O4. The highest BCUT2D eigenvalue weighted by molar-refractivity contribution is 5.88. The number of allylic oxidation sites excluding steroid dienone is 5. The van der Waals surface area contributed by atoms with E-state index >= 15 is 0 Å². The van der Waals surface area contributed by atoms with Crippen LogP contribution in [0.5, 0.6) is 0 Å². The van der Waals surface area contributed by atoms with Crippen LogP contribution in [0.3, 0.4) is 0 Å². The molecule has 4 heteroatoms. The minimum absolute atomic E-state index is 0.00673. The highest BCUT2D eigenvalue weighted by atomic mass is 16.5. The highest BCUT2D eigenvalue weighted by Gasteiger charge is 2.11. The third-order valence-electron chi connectivity index (χ3n) is 2.51. The maximum absolute atomic E-state index is 10.9. The van der Waals surface area contributed by atoms with E-state index in [4.69, 9.17) is 9.84 Å². The third-order valence-corrected chi connectivity index (χ3v) is 2.51. The summed E-state index contributed by atoms with van der Waals surface area (Å²) < 4.78 is 5.48. The standard InChI is InChI=1S/C16H18O4/c1-3-5-13(11-16(18)19)6-4-7-14-8-9-15(20-14)10-12(2)17/h3-5,7-10,14H,1,6,11H2,2H3,(H,18,19). The smallest absolute Gasteiger partial charge is 0.307 e. The van der Waals surface area contributed by atoms with Crippen LogP contribution in [0.1, 0.15) is 19.8 Å². The Kier molecular flexibility index (Phi) is 6.23. The molecule has 0 saturated carbocycles. The summed E-state index contributed by atoms with van der Waals surface area (Å²) >= 11 is 0. The normalized spacial score (nSPS) is 20.4. The Morgan fingerprint density at radius 3 is 2.85 bits per heavy atom. The van der Waals surface area contributed by atoms with E-state index in [-0.39, 0.29) is 18.3 Å². The van der Waals surface area contributed by atoms with Gasteiger partial charge in [0.2, 0.25) is 0 Å². The maximum Gasteiger partial charge on any atom is 0.307 e. The molecular weight excluding hydrogens is 256 g/mol. The van der Waals surface area contributed by atoms with Crippen molar-refractivity contribution in [1.29, 1.82) is 0 Å². The fraction of sp³-hybridized carbons (Fsp3) is 0.250. The van der Waals surface area contributed by atoms with Gasteiger partial charge in [-0.2, -0.15) is 0 Å². The van der Waals surface area contributed by atoms with Crippen LogP contribution in [-0.2, 0) is 14.3 Å². The molecule has 1 aliphatic rings. The van der Waals surface area contributed by atoms with Crippen LogP contribution in [0.25, 0.3) is 0 Å². The fourth-order valence-corrected chi connectivity index (χ4v) is 1.72. The lowest BCUT2D eigenvalue weighted by Gasteiger charge is -2.05. The highest BCUT2D eigenvalue weighted by Crippen LogP contribution is 2.17. The number of carbonyl (C=O) groups is 2. The number of carbonyl (C=O) groups excluding carboxylic acids is 1. The van der Waals surface area contributed by atoms with Gasteiger partial charge in [0.1, 0.15) is 11.9 Å². The Hall–Kier alpha value is -2.36. The van der Waals surface area contributed by atoms with E-state index in [2.05, 4.69) is 6.58 Å². The first-order chi connectivity index (χ1) is 9.51. The van der Waals surface area contributed by atoms with Crippen LogP contribution in [0.15, 0.2) is 60.4 Å². The minimum Gasteiger partial charge on any atom is -0.482 e. The van der Waals surface area contributed by atoms with Crippen molar-refractivity contribution in [3.63, 3.8) is 0 Å². The van der Waals surface area contributed by atoms with Crippen molar-refractivity contribution in [2.24, 2.45) is 0 Å². The molecule has 1 rings (SSSR count). The number of hydrogen-bond donors (Lipinski definition) is 1. The molecule has 0 aromatic carbocycles. The van der Waals surface area contributed by atoms with E-state index in [0.717, 1.165) is 5.57 Å². The number of ether oxygens (including phenoxy) is 1. The van der Waals surface area contributed by atoms with Gasteiger partial charge in [-0.05, 0) is 31.6 Å². The third kappa shape index (κ3) is 6.00. The first kappa shape index (κ1) is 15.7. The van der Waals surface area contributed by atoms with Gasteiger partial charge in [-0.1, -0.05) is 30.4 Å². The zero-order valence-electron chi connectivity index (χ0n) is 11.4. The molecule has 106 valence electrons. The summed E-state index contributed by atoms with van der Waals surface area (Å²) in [5.41, 5.74) is 0.769. The van der Waals surface area contributed by atoms with Crippen LogP contribution < -0.4 is 0 Å². The molecule has 4 nitrogen and oxygen atoms in total. The molecule has 0 saturated heterocycles. The second-order valence-electron chi connectivity index (χ2n) is 4.36. The van der Waals surface area contributed by atoms with Crippen molar-refractivity contribution in [3.05, 3.63) is 60.4 Å². The lowest BCUT2D eigenvalue weighted by Crippen LogP contribution is -2.00. The molecule has 1 N–H and O–H groups in total. The summed E-state index contributed by atoms with van der Waals surface area (Å²) in [6.07, 6.45) is 12.3. The second kappa shape index (κ2) is 7.94. The van der Waals surface area contributed by atoms with Crippen molar-refractivity contribution in [3.8, 4) is 0 Å². The van der Waals surface area contributed by atoms with Gasteiger partial charge in [0, 0.05) is 6.08 Å². The Morgan fingerprint density at radius 2 is 2.25 bits per heavy atom. The van der Waals surface area contributed by atoms with Crippen LogP contribution in [0, 0.1) is 0 Å². The lowest BCUT2D eigenvalue weighted by molar-refractivity contribution is -0.136. The molecule has 1 aliphatic heterocycles. The Morgan fingerprint density at radius 1 is 1.50 bits per heavy atom. The molecule has 0 aromatic heterocycles.